The van der Waals surface area contributed by atoms with Gasteiger partial charge in [-0.25, -0.2) is 0 Å². The standard InChI is InChI=1S/C19H27NO4S/c1-12-6-4-5-7-15(12)20-19(23)14(3)24-18(22)11-9-16(21)17-10-8-13(2)25-17/h8,10,12,14-15H,4-7,9,11H2,1-3H3,(H,20,23)/t12-,14+,15+/m0/s1. The number of amides is 1. The number of ketones is 1. The molecule has 0 spiro atoms. The van der Waals surface area contributed by atoms with Crippen molar-refractivity contribution in [2.45, 2.75) is 71.4 Å². The van der Waals surface area contributed by atoms with E-state index >= 15 is 0 Å². The zero-order valence-corrected chi connectivity index (χ0v) is 16.0. The van der Waals surface area contributed by atoms with Gasteiger partial charge in [-0.1, -0.05) is 19.8 Å². The number of thiophene rings is 1. The average Bonchev–Trinajstić information content (AvgIpc) is 3.01. The lowest BCUT2D eigenvalue weighted by atomic mass is 9.86. The fraction of sp³-hybridized carbons (Fsp3) is 0.632. The first-order valence-corrected chi connectivity index (χ1v) is 9.78. The van der Waals surface area contributed by atoms with Gasteiger partial charge in [-0.15, -0.1) is 11.3 Å². The molecular weight excluding hydrogens is 338 g/mol. The zero-order valence-electron chi connectivity index (χ0n) is 15.2. The molecule has 1 amide bonds. The van der Waals surface area contributed by atoms with Gasteiger partial charge in [0.05, 0.1) is 11.3 Å². The van der Waals surface area contributed by atoms with Crippen LogP contribution in [0.4, 0.5) is 0 Å². The maximum Gasteiger partial charge on any atom is 0.307 e. The summed E-state index contributed by atoms with van der Waals surface area (Å²) in [6, 6.07) is 3.82. The van der Waals surface area contributed by atoms with Crippen LogP contribution in [-0.4, -0.2) is 29.8 Å². The van der Waals surface area contributed by atoms with E-state index in [1.165, 1.54) is 17.8 Å². The molecule has 1 N–H and O–H groups in total. The van der Waals surface area contributed by atoms with Crippen molar-refractivity contribution in [1.29, 1.82) is 0 Å². The Morgan fingerprint density at radius 1 is 1.24 bits per heavy atom. The van der Waals surface area contributed by atoms with E-state index in [0.29, 0.717) is 10.8 Å². The van der Waals surface area contributed by atoms with Crippen LogP contribution < -0.4 is 5.32 Å². The predicted octanol–water partition coefficient (Wildman–Crippen LogP) is 3.65. The summed E-state index contributed by atoms with van der Waals surface area (Å²) in [6.07, 6.45) is 3.68. The summed E-state index contributed by atoms with van der Waals surface area (Å²) in [6.45, 7) is 5.65. The molecule has 1 aliphatic carbocycles. The smallest absolute Gasteiger partial charge is 0.307 e. The Hall–Kier alpha value is -1.69. The lowest BCUT2D eigenvalue weighted by molar-refractivity contribution is -0.155. The van der Waals surface area contributed by atoms with Gasteiger partial charge in [0.1, 0.15) is 0 Å². The monoisotopic (exact) mass is 365 g/mol. The Kier molecular flexibility index (Phi) is 7.17. The highest BCUT2D eigenvalue weighted by atomic mass is 32.1. The minimum atomic E-state index is -0.833. The Balaban J connectivity index is 1.73. The van der Waals surface area contributed by atoms with Crippen molar-refractivity contribution in [3.8, 4) is 0 Å². The van der Waals surface area contributed by atoms with Crippen LogP contribution in [0.2, 0.25) is 0 Å². The molecule has 25 heavy (non-hydrogen) atoms. The number of esters is 1. The number of hydrogen-bond acceptors (Lipinski definition) is 5. The van der Waals surface area contributed by atoms with Crippen LogP contribution in [0.25, 0.3) is 0 Å². The van der Waals surface area contributed by atoms with Crippen LogP contribution in [-0.2, 0) is 14.3 Å². The first-order chi connectivity index (χ1) is 11.9. The van der Waals surface area contributed by atoms with Gasteiger partial charge in [-0.05, 0) is 44.7 Å². The topological polar surface area (TPSA) is 72.5 Å². The van der Waals surface area contributed by atoms with E-state index in [0.717, 1.165) is 24.1 Å². The Morgan fingerprint density at radius 3 is 2.60 bits per heavy atom. The summed E-state index contributed by atoms with van der Waals surface area (Å²) in [5, 5.41) is 2.99. The lowest BCUT2D eigenvalue weighted by Gasteiger charge is -2.30. The molecule has 0 aromatic carbocycles. The maximum atomic E-state index is 12.2. The number of Topliss-reactive ketones (excluding diaryl/α,β-unsaturated/α-hetero) is 1. The molecule has 1 fully saturated rings. The molecule has 1 aromatic rings. The number of ether oxygens (including phenoxy) is 1. The Morgan fingerprint density at radius 2 is 1.96 bits per heavy atom. The van der Waals surface area contributed by atoms with Crippen LogP contribution in [0.3, 0.4) is 0 Å². The van der Waals surface area contributed by atoms with Crippen LogP contribution in [0.15, 0.2) is 12.1 Å². The number of nitrogens with one attached hydrogen (secondary N) is 1. The molecule has 138 valence electrons. The summed E-state index contributed by atoms with van der Waals surface area (Å²) in [4.78, 5) is 37.8. The first-order valence-electron chi connectivity index (χ1n) is 8.96. The van der Waals surface area contributed by atoms with Crippen molar-refractivity contribution in [2.75, 3.05) is 0 Å². The van der Waals surface area contributed by atoms with Gasteiger partial charge in [0.25, 0.3) is 5.91 Å². The van der Waals surface area contributed by atoms with Crippen molar-refractivity contribution in [3.05, 3.63) is 21.9 Å². The van der Waals surface area contributed by atoms with Crippen molar-refractivity contribution in [3.63, 3.8) is 0 Å². The minimum absolute atomic E-state index is 0.00671. The van der Waals surface area contributed by atoms with E-state index in [1.807, 2.05) is 13.0 Å². The molecule has 0 unspecified atom stereocenters. The van der Waals surface area contributed by atoms with Crippen molar-refractivity contribution in [2.24, 2.45) is 5.92 Å². The molecule has 1 heterocycles. The van der Waals surface area contributed by atoms with Gasteiger partial charge in [0, 0.05) is 17.3 Å². The fourth-order valence-corrected chi connectivity index (χ4v) is 3.90. The second-order valence-corrected chi connectivity index (χ2v) is 8.13. The van der Waals surface area contributed by atoms with Gasteiger partial charge >= 0.3 is 5.97 Å². The van der Waals surface area contributed by atoms with Crippen molar-refractivity contribution >= 4 is 29.0 Å². The Labute approximate surface area is 153 Å². The zero-order chi connectivity index (χ0) is 18.4. The minimum Gasteiger partial charge on any atom is -0.453 e. The van der Waals surface area contributed by atoms with E-state index in [2.05, 4.69) is 12.2 Å². The number of aryl methyl sites for hydroxylation is 1. The SMILES string of the molecule is Cc1ccc(C(=O)CCC(=O)O[C@H](C)C(=O)N[C@@H]2CCCC[C@@H]2C)s1. The molecule has 0 bridgehead atoms. The molecule has 2 rings (SSSR count). The molecule has 0 radical (unpaired) electrons. The predicted molar refractivity (Wildman–Crippen MR) is 97.7 cm³/mol. The highest BCUT2D eigenvalue weighted by Gasteiger charge is 2.26. The van der Waals surface area contributed by atoms with Gasteiger partial charge < -0.3 is 10.1 Å². The van der Waals surface area contributed by atoms with E-state index in [4.69, 9.17) is 4.74 Å². The summed E-state index contributed by atoms with van der Waals surface area (Å²) >= 11 is 1.42. The second kappa shape index (κ2) is 9.13. The second-order valence-electron chi connectivity index (χ2n) is 6.84. The highest BCUT2D eigenvalue weighted by molar-refractivity contribution is 7.14. The van der Waals surface area contributed by atoms with Gasteiger partial charge in [-0.2, -0.15) is 0 Å². The van der Waals surface area contributed by atoms with Crippen molar-refractivity contribution in [1.82, 2.24) is 5.32 Å². The normalized spacial score (nSPS) is 21.4. The van der Waals surface area contributed by atoms with Gasteiger partial charge in [-0.3, -0.25) is 14.4 Å². The first kappa shape index (κ1) is 19.6. The summed E-state index contributed by atoms with van der Waals surface area (Å²) in [7, 11) is 0. The largest absolute Gasteiger partial charge is 0.453 e. The molecule has 0 saturated heterocycles. The summed E-state index contributed by atoms with van der Waals surface area (Å²) in [5.74, 6) is -0.385. The number of carbonyl (C=O) groups is 3. The van der Waals surface area contributed by atoms with Crippen molar-refractivity contribution < 1.29 is 19.1 Å². The molecule has 5 nitrogen and oxygen atoms in total. The summed E-state index contributed by atoms with van der Waals surface area (Å²) < 4.78 is 5.18. The molecule has 0 aliphatic heterocycles. The van der Waals surface area contributed by atoms with E-state index in [9.17, 15) is 14.4 Å². The van der Waals surface area contributed by atoms with Crippen LogP contribution in [0, 0.1) is 12.8 Å². The third-order valence-corrected chi connectivity index (χ3v) is 5.73. The van der Waals surface area contributed by atoms with Crippen LogP contribution in [0.5, 0.6) is 0 Å². The molecule has 1 saturated carbocycles. The van der Waals surface area contributed by atoms with E-state index in [1.54, 1.807) is 13.0 Å². The molecule has 3 atom stereocenters. The maximum absolute atomic E-state index is 12.2. The third-order valence-electron chi connectivity index (χ3n) is 4.69. The average molecular weight is 365 g/mol. The number of rotatable bonds is 7. The molecule has 6 heteroatoms. The number of hydrogen-bond donors (Lipinski definition) is 1. The molecular formula is C19H27NO4S. The summed E-state index contributed by atoms with van der Waals surface area (Å²) in [5.41, 5.74) is 0. The third kappa shape index (κ3) is 5.96. The van der Waals surface area contributed by atoms with Gasteiger partial charge in [0.2, 0.25) is 0 Å². The van der Waals surface area contributed by atoms with Gasteiger partial charge in [0.15, 0.2) is 11.9 Å². The van der Waals surface area contributed by atoms with Crippen LogP contribution in [0.1, 0.15) is 66.9 Å². The Bertz CT molecular complexity index is 625. The van der Waals surface area contributed by atoms with E-state index < -0.39 is 12.1 Å². The quantitative estimate of drug-likeness (QED) is 0.591. The molecule has 1 aliphatic rings. The fourth-order valence-electron chi connectivity index (χ4n) is 3.06. The van der Waals surface area contributed by atoms with Crippen LogP contribution >= 0.6 is 11.3 Å². The highest BCUT2D eigenvalue weighted by Crippen LogP contribution is 2.24. The number of carbonyl (C=O) groups excluding carboxylic acids is 3. The van der Waals surface area contributed by atoms with E-state index in [-0.39, 0.29) is 30.6 Å². The molecule has 1 aromatic heterocycles. The lowest BCUT2D eigenvalue weighted by Crippen LogP contribution is -2.46.